The maximum Gasteiger partial charge on any atom is 0.315 e. The van der Waals surface area contributed by atoms with E-state index in [2.05, 4.69) is 10.3 Å². The van der Waals surface area contributed by atoms with Gasteiger partial charge in [-0.1, -0.05) is 0 Å². The van der Waals surface area contributed by atoms with Crippen molar-refractivity contribution in [2.75, 3.05) is 6.54 Å². The number of thiazole rings is 1. The van der Waals surface area contributed by atoms with Gasteiger partial charge >= 0.3 is 6.43 Å². The number of nitrogens with one attached hydrogen (secondary N) is 1. The number of aromatic nitrogens is 1. The van der Waals surface area contributed by atoms with Crippen molar-refractivity contribution in [1.82, 2.24) is 10.3 Å². The largest absolute Gasteiger partial charge is 0.351 e. The van der Waals surface area contributed by atoms with E-state index in [1.54, 1.807) is 11.6 Å². The first-order chi connectivity index (χ1) is 6.20. The van der Waals surface area contributed by atoms with Crippen molar-refractivity contribution < 1.29 is 13.6 Å². The van der Waals surface area contributed by atoms with Crippen LogP contribution in [-0.4, -0.2) is 23.9 Å². The fourth-order valence-corrected chi connectivity index (χ4v) is 1.37. The SMILES string of the molecule is O=C(NCCc1nccs1)C(F)F. The third-order valence-electron chi connectivity index (χ3n) is 1.32. The average molecular weight is 206 g/mol. The molecular formula is C7H8F2N2OS. The van der Waals surface area contributed by atoms with E-state index in [9.17, 15) is 13.6 Å². The summed E-state index contributed by atoms with van der Waals surface area (Å²) >= 11 is 1.43. The molecular weight excluding hydrogens is 198 g/mol. The van der Waals surface area contributed by atoms with Crippen LogP contribution in [0.4, 0.5) is 8.78 Å². The number of hydrogen-bond donors (Lipinski definition) is 1. The number of halogens is 2. The second-order valence-electron chi connectivity index (χ2n) is 2.27. The second-order valence-corrected chi connectivity index (χ2v) is 3.25. The van der Waals surface area contributed by atoms with Crippen molar-refractivity contribution in [3.8, 4) is 0 Å². The number of nitrogens with zero attached hydrogens (tertiary/aromatic N) is 1. The predicted octanol–water partition coefficient (Wildman–Crippen LogP) is 1.07. The number of carbonyl (C=O) groups is 1. The van der Waals surface area contributed by atoms with Gasteiger partial charge in [0.15, 0.2) is 0 Å². The molecule has 1 amide bonds. The lowest BCUT2D eigenvalue weighted by molar-refractivity contribution is -0.131. The minimum absolute atomic E-state index is 0.205. The third-order valence-corrected chi connectivity index (χ3v) is 2.16. The monoisotopic (exact) mass is 206 g/mol. The van der Waals surface area contributed by atoms with E-state index in [1.165, 1.54) is 11.3 Å². The first-order valence-corrected chi connectivity index (χ1v) is 4.52. The number of amides is 1. The van der Waals surface area contributed by atoms with Crippen LogP contribution in [0.3, 0.4) is 0 Å². The highest BCUT2D eigenvalue weighted by Gasteiger charge is 2.13. The molecule has 1 aromatic rings. The van der Waals surface area contributed by atoms with Crippen molar-refractivity contribution in [2.24, 2.45) is 0 Å². The number of rotatable bonds is 4. The molecule has 1 N–H and O–H groups in total. The van der Waals surface area contributed by atoms with E-state index in [0.717, 1.165) is 5.01 Å². The molecule has 6 heteroatoms. The molecule has 72 valence electrons. The van der Waals surface area contributed by atoms with Gasteiger partial charge in [-0.3, -0.25) is 4.79 Å². The Morgan fingerprint density at radius 3 is 3.00 bits per heavy atom. The van der Waals surface area contributed by atoms with Crippen molar-refractivity contribution >= 4 is 17.2 Å². The van der Waals surface area contributed by atoms with Crippen LogP contribution >= 0.6 is 11.3 Å². The van der Waals surface area contributed by atoms with Crippen LogP contribution in [-0.2, 0) is 11.2 Å². The van der Waals surface area contributed by atoms with E-state index in [0.29, 0.717) is 6.42 Å². The van der Waals surface area contributed by atoms with E-state index in [1.807, 2.05) is 0 Å². The highest BCUT2D eigenvalue weighted by Crippen LogP contribution is 2.03. The molecule has 0 aliphatic heterocycles. The summed E-state index contributed by atoms with van der Waals surface area (Å²) in [4.78, 5) is 14.3. The van der Waals surface area contributed by atoms with Gasteiger partial charge in [-0.2, -0.15) is 8.78 Å². The van der Waals surface area contributed by atoms with Crippen molar-refractivity contribution in [3.63, 3.8) is 0 Å². The van der Waals surface area contributed by atoms with Gasteiger partial charge in [0, 0.05) is 24.5 Å². The van der Waals surface area contributed by atoms with Gasteiger partial charge in [-0.25, -0.2) is 4.98 Å². The fourth-order valence-electron chi connectivity index (χ4n) is 0.746. The van der Waals surface area contributed by atoms with Gasteiger partial charge in [-0.15, -0.1) is 11.3 Å². The van der Waals surface area contributed by atoms with Crippen LogP contribution in [0.25, 0.3) is 0 Å². The summed E-state index contributed by atoms with van der Waals surface area (Å²) in [5, 5.41) is 4.72. The summed E-state index contributed by atoms with van der Waals surface area (Å²) in [5.74, 6) is -1.23. The highest BCUT2D eigenvalue weighted by molar-refractivity contribution is 7.09. The quantitative estimate of drug-likeness (QED) is 0.800. The fraction of sp³-hybridized carbons (Fsp3) is 0.429. The summed E-state index contributed by atoms with van der Waals surface area (Å²) in [6, 6.07) is 0. The molecule has 0 bridgehead atoms. The summed E-state index contributed by atoms with van der Waals surface area (Å²) in [7, 11) is 0. The van der Waals surface area contributed by atoms with Gasteiger partial charge in [0.25, 0.3) is 5.91 Å². The number of carbonyl (C=O) groups excluding carboxylic acids is 1. The Balaban J connectivity index is 2.18. The molecule has 1 rings (SSSR count). The topological polar surface area (TPSA) is 42.0 Å². The molecule has 0 fully saturated rings. The zero-order valence-electron chi connectivity index (χ0n) is 6.67. The normalized spacial score (nSPS) is 10.4. The van der Waals surface area contributed by atoms with E-state index in [-0.39, 0.29) is 6.54 Å². The van der Waals surface area contributed by atoms with Gasteiger partial charge < -0.3 is 5.32 Å². The Morgan fingerprint density at radius 1 is 1.69 bits per heavy atom. The lowest BCUT2D eigenvalue weighted by Crippen LogP contribution is -2.31. The minimum Gasteiger partial charge on any atom is -0.351 e. The summed E-state index contributed by atoms with van der Waals surface area (Å²) in [5.41, 5.74) is 0. The van der Waals surface area contributed by atoms with Crippen molar-refractivity contribution in [1.29, 1.82) is 0 Å². The maximum atomic E-state index is 11.7. The summed E-state index contributed by atoms with van der Waals surface area (Å²) < 4.78 is 23.3. The molecule has 1 aromatic heterocycles. The summed E-state index contributed by atoms with van der Waals surface area (Å²) in [6.45, 7) is 0.205. The molecule has 0 atom stereocenters. The van der Waals surface area contributed by atoms with Crippen LogP contribution in [0, 0.1) is 0 Å². The molecule has 0 radical (unpaired) electrons. The van der Waals surface area contributed by atoms with Crippen LogP contribution in [0.1, 0.15) is 5.01 Å². The molecule has 0 saturated heterocycles. The molecule has 0 spiro atoms. The number of hydrogen-bond acceptors (Lipinski definition) is 3. The molecule has 0 aliphatic carbocycles. The Labute approximate surface area is 77.8 Å². The van der Waals surface area contributed by atoms with Gasteiger partial charge in [0.1, 0.15) is 0 Å². The smallest absolute Gasteiger partial charge is 0.315 e. The highest BCUT2D eigenvalue weighted by atomic mass is 32.1. The van der Waals surface area contributed by atoms with Crippen LogP contribution in [0.15, 0.2) is 11.6 Å². The van der Waals surface area contributed by atoms with Crippen molar-refractivity contribution in [3.05, 3.63) is 16.6 Å². The molecule has 0 saturated carbocycles. The van der Waals surface area contributed by atoms with Gasteiger partial charge in [0.2, 0.25) is 0 Å². The Kier molecular flexibility index (Phi) is 3.75. The molecule has 0 aromatic carbocycles. The lowest BCUT2D eigenvalue weighted by atomic mass is 10.4. The van der Waals surface area contributed by atoms with E-state index in [4.69, 9.17) is 0 Å². The average Bonchev–Trinajstić information content (AvgIpc) is 2.56. The van der Waals surface area contributed by atoms with Crippen LogP contribution in [0.5, 0.6) is 0 Å². The van der Waals surface area contributed by atoms with Gasteiger partial charge in [-0.05, 0) is 0 Å². The van der Waals surface area contributed by atoms with Crippen LogP contribution < -0.4 is 5.32 Å². The standard InChI is InChI=1S/C7H8F2N2OS/c8-6(9)7(12)11-2-1-5-10-3-4-13-5/h3-4,6H,1-2H2,(H,11,12). The first-order valence-electron chi connectivity index (χ1n) is 3.64. The van der Waals surface area contributed by atoms with Crippen LogP contribution in [0.2, 0.25) is 0 Å². The second kappa shape index (κ2) is 4.86. The Morgan fingerprint density at radius 2 is 2.46 bits per heavy atom. The Bertz CT molecular complexity index is 263. The van der Waals surface area contributed by atoms with E-state index < -0.39 is 12.3 Å². The Hall–Kier alpha value is -1.04. The van der Waals surface area contributed by atoms with Gasteiger partial charge in [0.05, 0.1) is 5.01 Å². The number of alkyl halides is 2. The predicted molar refractivity (Wildman–Crippen MR) is 44.8 cm³/mol. The molecule has 1 heterocycles. The van der Waals surface area contributed by atoms with E-state index >= 15 is 0 Å². The minimum atomic E-state index is -2.93. The maximum absolute atomic E-state index is 11.7. The third kappa shape index (κ3) is 3.45. The first kappa shape index (κ1) is 10.0. The lowest BCUT2D eigenvalue weighted by Gasteiger charge is -2.01. The molecule has 13 heavy (non-hydrogen) atoms. The molecule has 3 nitrogen and oxygen atoms in total. The molecule has 0 unspecified atom stereocenters. The zero-order chi connectivity index (χ0) is 9.68. The van der Waals surface area contributed by atoms with Crippen molar-refractivity contribution in [2.45, 2.75) is 12.8 Å². The summed E-state index contributed by atoms with van der Waals surface area (Å²) in [6.07, 6.45) is -0.804. The zero-order valence-corrected chi connectivity index (χ0v) is 7.48. The molecule has 0 aliphatic rings.